The zero-order valence-corrected chi connectivity index (χ0v) is 11.5. The molecule has 0 aliphatic carbocycles. The number of carbonyl (C=O) groups is 1. The SMILES string of the molecule is Cc1cc(N)ccc1SCc1ccc(C(N)=O)cc1. The number of thioether (sulfide) groups is 1. The lowest BCUT2D eigenvalue weighted by Gasteiger charge is -2.07. The summed E-state index contributed by atoms with van der Waals surface area (Å²) >= 11 is 1.75. The average molecular weight is 272 g/mol. The maximum Gasteiger partial charge on any atom is 0.248 e. The minimum Gasteiger partial charge on any atom is -0.399 e. The lowest BCUT2D eigenvalue weighted by molar-refractivity contribution is 0.100. The molecule has 0 aromatic heterocycles. The summed E-state index contributed by atoms with van der Waals surface area (Å²) < 4.78 is 0. The number of carbonyl (C=O) groups excluding carboxylic acids is 1. The number of anilines is 1. The minimum atomic E-state index is -0.395. The summed E-state index contributed by atoms with van der Waals surface area (Å²) in [5, 5.41) is 0. The van der Waals surface area contributed by atoms with Gasteiger partial charge in [-0.05, 0) is 48.4 Å². The molecule has 19 heavy (non-hydrogen) atoms. The summed E-state index contributed by atoms with van der Waals surface area (Å²) in [4.78, 5) is 12.2. The van der Waals surface area contributed by atoms with E-state index in [-0.39, 0.29) is 0 Å². The quantitative estimate of drug-likeness (QED) is 0.664. The van der Waals surface area contributed by atoms with Crippen molar-refractivity contribution in [2.45, 2.75) is 17.6 Å². The molecule has 0 saturated carbocycles. The van der Waals surface area contributed by atoms with Crippen LogP contribution in [0.15, 0.2) is 47.4 Å². The van der Waals surface area contributed by atoms with Gasteiger partial charge in [-0.1, -0.05) is 12.1 Å². The van der Waals surface area contributed by atoms with E-state index in [0.29, 0.717) is 5.56 Å². The molecule has 2 rings (SSSR count). The highest BCUT2D eigenvalue weighted by Gasteiger charge is 2.02. The first-order chi connectivity index (χ1) is 9.06. The third-order valence-corrected chi connectivity index (χ3v) is 4.08. The van der Waals surface area contributed by atoms with Gasteiger partial charge in [-0.2, -0.15) is 0 Å². The molecule has 0 unspecified atom stereocenters. The number of amides is 1. The first kappa shape index (κ1) is 13.5. The standard InChI is InChI=1S/C15H16N2OS/c1-10-8-13(16)6-7-14(10)19-9-11-2-4-12(5-3-11)15(17)18/h2-8H,9,16H2,1H3,(H2,17,18). The highest BCUT2D eigenvalue weighted by Crippen LogP contribution is 2.27. The fourth-order valence-electron chi connectivity index (χ4n) is 1.76. The molecule has 98 valence electrons. The van der Waals surface area contributed by atoms with E-state index in [1.54, 1.807) is 23.9 Å². The van der Waals surface area contributed by atoms with Crippen molar-refractivity contribution in [2.24, 2.45) is 5.73 Å². The van der Waals surface area contributed by atoms with Crippen LogP contribution in [0, 0.1) is 6.92 Å². The van der Waals surface area contributed by atoms with E-state index in [0.717, 1.165) is 17.0 Å². The summed E-state index contributed by atoms with van der Waals surface area (Å²) in [7, 11) is 0. The van der Waals surface area contributed by atoms with Crippen LogP contribution in [0.3, 0.4) is 0 Å². The van der Waals surface area contributed by atoms with Crippen LogP contribution in [0.5, 0.6) is 0 Å². The van der Waals surface area contributed by atoms with Crippen LogP contribution in [-0.4, -0.2) is 5.91 Å². The van der Waals surface area contributed by atoms with Crippen LogP contribution in [0.2, 0.25) is 0 Å². The Bertz CT molecular complexity index is 594. The van der Waals surface area contributed by atoms with Gasteiger partial charge >= 0.3 is 0 Å². The molecule has 0 atom stereocenters. The maximum absolute atomic E-state index is 11.0. The van der Waals surface area contributed by atoms with Gasteiger partial charge in [-0.25, -0.2) is 0 Å². The predicted molar refractivity (Wildman–Crippen MR) is 80.1 cm³/mol. The molecule has 0 bridgehead atoms. The monoisotopic (exact) mass is 272 g/mol. The number of hydrogen-bond donors (Lipinski definition) is 2. The zero-order chi connectivity index (χ0) is 13.8. The van der Waals surface area contributed by atoms with E-state index >= 15 is 0 Å². The maximum atomic E-state index is 11.0. The Hall–Kier alpha value is -1.94. The van der Waals surface area contributed by atoms with Crippen molar-refractivity contribution >= 4 is 23.4 Å². The van der Waals surface area contributed by atoms with Crippen molar-refractivity contribution in [1.29, 1.82) is 0 Å². The van der Waals surface area contributed by atoms with Crippen LogP contribution >= 0.6 is 11.8 Å². The van der Waals surface area contributed by atoms with Crippen molar-refractivity contribution in [3.05, 3.63) is 59.2 Å². The summed E-state index contributed by atoms with van der Waals surface area (Å²) in [6.45, 7) is 2.05. The van der Waals surface area contributed by atoms with Crippen LogP contribution in [-0.2, 0) is 5.75 Å². The van der Waals surface area contributed by atoms with E-state index < -0.39 is 5.91 Å². The summed E-state index contributed by atoms with van der Waals surface area (Å²) in [5.41, 5.74) is 14.6. The van der Waals surface area contributed by atoms with Gasteiger partial charge in [-0.15, -0.1) is 11.8 Å². The Morgan fingerprint density at radius 3 is 2.42 bits per heavy atom. The van der Waals surface area contributed by atoms with Crippen molar-refractivity contribution in [1.82, 2.24) is 0 Å². The number of nitrogen functional groups attached to an aromatic ring is 1. The fourth-order valence-corrected chi connectivity index (χ4v) is 2.73. The summed E-state index contributed by atoms with van der Waals surface area (Å²) in [6.07, 6.45) is 0. The van der Waals surface area contributed by atoms with Crippen LogP contribution in [0.25, 0.3) is 0 Å². The molecule has 4 N–H and O–H groups in total. The fraction of sp³-hybridized carbons (Fsp3) is 0.133. The largest absolute Gasteiger partial charge is 0.399 e. The molecule has 2 aromatic rings. The lowest BCUT2D eigenvalue weighted by atomic mass is 10.1. The van der Waals surface area contributed by atoms with E-state index in [4.69, 9.17) is 11.5 Å². The second kappa shape index (κ2) is 5.80. The number of benzene rings is 2. The number of hydrogen-bond acceptors (Lipinski definition) is 3. The van der Waals surface area contributed by atoms with Gasteiger partial charge in [0, 0.05) is 21.9 Å². The highest BCUT2D eigenvalue weighted by molar-refractivity contribution is 7.98. The Morgan fingerprint density at radius 1 is 1.16 bits per heavy atom. The molecule has 2 aromatic carbocycles. The van der Waals surface area contributed by atoms with E-state index in [1.165, 1.54) is 10.5 Å². The van der Waals surface area contributed by atoms with Crippen LogP contribution in [0.4, 0.5) is 5.69 Å². The zero-order valence-electron chi connectivity index (χ0n) is 10.7. The molecule has 0 aliphatic heterocycles. The molecule has 0 heterocycles. The van der Waals surface area contributed by atoms with Crippen molar-refractivity contribution in [2.75, 3.05) is 5.73 Å². The molecular weight excluding hydrogens is 256 g/mol. The van der Waals surface area contributed by atoms with E-state index in [1.807, 2.05) is 30.3 Å². The van der Waals surface area contributed by atoms with Gasteiger partial charge in [0.25, 0.3) is 0 Å². The normalized spacial score (nSPS) is 10.4. The summed E-state index contributed by atoms with van der Waals surface area (Å²) in [5.74, 6) is 0.456. The van der Waals surface area contributed by atoms with E-state index in [9.17, 15) is 4.79 Å². The Morgan fingerprint density at radius 2 is 1.84 bits per heavy atom. The van der Waals surface area contributed by atoms with Crippen LogP contribution in [0.1, 0.15) is 21.5 Å². The number of aryl methyl sites for hydroxylation is 1. The first-order valence-electron chi connectivity index (χ1n) is 5.94. The second-order valence-corrected chi connectivity index (χ2v) is 5.39. The number of nitrogens with two attached hydrogens (primary N) is 2. The topological polar surface area (TPSA) is 69.1 Å². The third kappa shape index (κ3) is 3.51. The molecule has 0 saturated heterocycles. The first-order valence-corrected chi connectivity index (χ1v) is 6.92. The van der Waals surface area contributed by atoms with Crippen molar-refractivity contribution in [3.8, 4) is 0 Å². The van der Waals surface area contributed by atoms with Gasteiger partial charge in [0.05, 0.1) is 0 Å². The van der Waals surface area contributed by atoms with Gasteiger partial charge in [0.1, 0.15) is 0 Å². The lowest BCUT2D eigenvalue weighted by Crippen LogP contribution is -2.10. The highest BCUT2D eigenvalue weighted by atomic mass is 32.2. The van der Waals surface area contributed by atoms with Gasteiger partial charge < -0.3 is 11.5 Å². The van der Waals surface area contributed by atoms with Gasteiger partial charge in [-0.3, -0.25) is 4.79 Å². The number of rotatable bonds is 4. The molecule has 0 radical (unpaired) electrons. The smallest absolute Gasteiger partial charge is 0.248 e. The third-order valence-electron chi connectivity index (χ3n) is 2.83. The second-order valence-electron chi connectivity index (χ2n) is 4.37. The van der Waals surface area contributed by atoms with Crippen LogP contribution < -0.4 is 11.5 Å². The molecule has 0 fully saturated rings. The molecule has 0 spiro atoms. The molecule has 1 amide bonds. The van der Waals surface area contributed by atoms with Crippen molar-refractivity contribution < 1.29 is 4.79 Å². The number of primary amides is 1. The predicted octanol–water partition coefficient (Wildman–Crippen LogP) is 2.97. The summed E-state index contributed by atoms with van der Waals surface area (Å²) in [6, 6.07) is 13.3. The molecular formula is C15H16N2OS. The van der Waals surface area contributed by atoms with Crippen molar-refractivity contribution in [3.63, 3.8) is 0 Å². The molecule has 0 aliphatic rings. The molecule has 3 nitrogen and oxygen atoms in total. The van der Waals surface area contributed by atoms with Gasteiger partial charge in [0.15, 0.2) is 0 Å². The Balaban J connectivity index is 2.04. The van der Waals surface area contributed by atoms with E-state index in [2.05, 4.69) is 6.92 Å². The minimum absolute atomic E-state index is 0.395. The Labute approximate surface area is 117 Å². The van der Waals surface area contributed by atoms with Gasteiger partial charge in [0.2, 0.25) is 5.91 Å². The average Bonchev–Trinajstić information content (AvgIpc) is 2.38. The Kier molecular flexibility index (Phi) is 4.12. The molecule has 4 heteroatoms.